The largest absolute Gasteiger partial charge is 0.481 e. The minimum Gasteiger partial charge on any atom is -0.481 e. The van der Waals surface area contributed by atoms with Crippen LogP contribution >= 0.6 is 0 Å². The Morgan fingerprint density at radius 2 is 1.29 bits per heavy atom. The van der Waals surface area contributed by atoms with Gasteiger partial charge in [-0.25, -0.2) is 0 Å². The zero-order chi connectivity index (χ0) is 18.5. The molecule has 7 N–H and O–H groups in total. The summed E-state index contributed by atoms with van der Waals surface area (Å²) < 4.78 is 0. The van der Waals surface area contributed by atoms with Gasteiger partial charge in [0.1, 0.15) is 0 Å². The minimum atomic E-state index is -1.63. The van der Waals surface area contributed by atoms with E-state index in [-0.39, 0.29) is 6.42 Å². The highest BCUT2D eigenvalue weighted by atomic mass is 16.4. The summed E-state index contributed by atoms with van der Waals surface area (Å²) in [5.74, 6) is 0.191. The second-order valence-corrected chi connectivity index (χ2v) is 6.33. The quantitative estimate of drug-likeness (QED) is 0.242. The Balaban J connectivity index is 3.59. The molecular formula is C14H22N2O8. The van der Waals surface area contributed by atoms with Gasteiger partial charge in [-0.2, -0.15) is 0 Å². The van der Waals surface area contributed by atoms with Crippen LogP contribution in [-0.2, 0) is 19.2 Å². The fourth-order valence-corrected chi connectivity index (χ4v) is 4.18. The number of carbonyl (C=O) groups is 4. The lowest BCUT2D eigenvalue weighted by Gasteiger charge is -2.55. The molecule has 1 unspecified atom stereocenters. The Labute approximate surface area is 137 Å². The van der Waals surface area contributed by atoms with E-state index in [0.717, 1.165) is 0 Å². The molecule has 0 saturated heterocycles. The average molecular weight is 346 g/mol. The molecule has 0 aromatic carbocycles. The highest BCUT2D eigenvalue weighted by molar-refractivity contribution is 5.76. The van der Waals surface area contributed by atoms with Crippen LogP contribution in [-0.4, -0.2) is 50.3 Å². The number of rotatable bonds is 9. The van der Waals surface area contributed by atoms with Crippen molar-refractivity contribution in [2.24, 2.45) is 16.7 Å². The van der Waals surface area contributed by atoms with Crippen LogP contribution < -0.4 is 11.3 Å². The summed E-state index contributed by atoms with van der Waals surface area (Å²) >= 11 is 0. The van der Waals surface area contributed by atoms with Gasteiger partial charge in [0.2, 0.25) is 0 Å². The number of hydrogen-bond acceptors (Lipinski definition) is 6. The van der Waals surface area contributed by atoms with E-state index in [1.54, 1.807) is 0 Å². The summed E-state index contributed by atoms with van der Waals surface area (Å²) in [5.41, 5.74) is -0.767. The summed E-state index contributed by atoms with van der Waals surface area (Å²) in [6, 6.07) is -0.822. The van der Waals surface area contributed by atoms with Gasteiger partial charge in [-0.15, -0.1) is 0 Å². The molecule has 0 bridgehead atoms. The van der Waals surface area contributed by atoms with Crippen molar-refractivity contribution in [1.29, 1.82) is 0 Å². The smallest absolute Gasteiger partial charge is 0.304 e. The van der Waals surface area contributed by atoms with E-state index < -0.39 is 66.4 Å². The van der Waals surface area contributed by atoms with E-state index in [1.165, 1.54) is 0 Å². The highest BCUT2D eigenvalue weighted by Gasteiger charge is 2.60. The standard InChI is InChI=1S/C14H22N2O8/c15-16-8-2-1-3-13(4-9(17)18,5-10(19)20)14(8,6-11(21)22)7-12(23)24/h8,16H,1-7,15H2,(H,17,18)(H,19,20)(H,21,22)(H,23,24). The van der Waals surface area contributed by atoms with Crippen LogP contribution in [0.4, 0.5) is 0 Å². The topological polar surface area (TPSA) is 187 Å². The Hall–Kier alpha value is -2.20. The second-order valence-electron chi connectivity index (χ2n) is 6.33. The van der Waals surface area contributed by atoms with Gasteiger partial charge < -0.3 is 20.4 Å². The van der Waals surface area contributed by atoms with Crippen LogP contribution in [0.25, 0.3) is 0 Å². The lowest BCUT2D eigenvalue weighted by molar-refractivity contribution is -0.169. The molecule has 0 amide bonds. The molecule has 1 aliphatic rings. The number of aliphatic carboxylic acids is 4. The summed E-state index contributed by atoms with van der Waals surface area (Å²) in [7, 11) is 0. The van der Waals surface area contributed by atoms with Crippen molar-refractivity contribution in [3.63, 3.8) is 0 Å². The molecule has 0 heterocycles. The minimum absolute atomic E-state index is 0.102. The van der Waals surface area contributed by atoms with Crippen molar-refractivity contribution >= 4 is 23.9 Å². The average Bonchev–Trinajstić information content (AvgIpc) is 2.38. The highest BCUT2D eigenvalue weighted by Crippen LogP contribution is 2.58. The molecule has 0 spiro atoms. The first-order valence-electron chi connectivity index (χ1n) is 7.42. The first-order valence-corrected chi connectivity index (χ1v) is 7.42. The third-order valence-electron chi connectivity index (χ3n) is 4.99. The monoisotopic (exact) mass is 346 g/mol. The molecule has 0 aliphatic heterocycles. The second kappa shape index (κ2) is 7.58. The summed E-state index contributed by atoms with van der Waals surface area (Å²) in [6.45, 7) is 0. The Morgan fingerprint density at radius 3 is 1.62 bits per heavy atom. The van der Waals surface area contributed by atoms with Gasteiger partial charge in [0.15, 0.2) is 0 Å². The van der Waals surface area contributed by atoms with Gasteiger partial charge in [0, 0.05) is 11.5 Å². The fraction of sp³-hybridized carbons (Fsp3) is 0.714. The van der Waals surface area contributed by atoms with Crippen molar-refractivity contribution in [3.8, 4) is 0 Å². The van der Waals surface area contributed by atoms with Crippen LogP contribution in [0.5, 0.6) is 0 Å². The molecule has 1 atom stereocenters. The Kier molecular flexibility index (Phi) is 6.27. The van der Waals surface area contributed by atoms with E-state index in [2.05, 4.69) is 5.43 Å². The van der Waals surface area contributed by atoms with Crippen molar-refractivity contribution < 1.29 is 39.6 Å². The summed E-state index contributed by atoms with van der Waals surface area (Å²) in [5, 5.41) is 37.1. The Morgan fingerprint density at radius 1 is 0.875 bits per heavy atom. The van der Waals surface area contributed by atoms with E-state index in [9.17, 15) is 39.6 Å². The fourth-order valence-electron chi connectivity index (χ4n) is 4.18. The van der Waals surface area contributed by atoms with Crippen LogP contribution in [0.1, 0.15) is 44.9 Å². The van der Waals surface area contributed by atoms with Gasteiger partial charge in [-0.3, -0.25) is 30.4 Å². The number of hydrogen-bond donors (Lipinski definition) is 6. The molecule has 136 valence electrons. The molecule has 0 radical (unpaired) electrons. The van der Waals surface area contributed by atoms with Crippen LogP contribution in [0, 0.1) is 10.8 Å². The maximum Gasteiger partial charge on any atom is 0.304 e. The molecule has 0 aromatic heterocycles. The van der Waals surface area contributed by atoms with Gasteiger partial charge in [-0.1, -0.05) is 6.42 Å². The zero-order valence-electron chi connectivity index (χ0n) is 13.0. The summed E-state index contributed by atoms with van der Waals surface area (Å²) in [4.78, 5) is 45.6. The van der Waals surface area contributed by atoms with Crippen LogP contribution in [0.15, 0.2) is 0 Å². The molecule has 1 saturated carbocycles. The molecule has 1 fully saturated rings. The first kappa shape index (κ1) is 19.8. The van der Waals surface area contributed by atoms with Crippen LogP contribution in [0.2, 0.25) is 0 Å². The van der Waals surface area contributed by atoms with E-state index in [1.807, 2.05) is 0 Å². The first-order chi connectivity index (χ1) is 11.1. The van der Waals surface area contributed by atoms with Gasteiger partial charge in [0.05, 0.1) is 25.7 Å². The predicted octanol–water partition coefficient (Wildman–Crippen LogP) is -0.126. The summed E-state index contributed by atoms with van der Waals surface area (Å²) in [6.07, 6.45) is -1.81. The molecule has 10 nitrogen and oxygen atoms in total. The maximum atomic E-state index is 11.4. The molecule has 1 rings (SSSR count). The maximum absolute atomic E-state index is 11.4. The van der Waals surface area contributed by atoms with E-state index in [0.29, 0.717) is 12.8 Å². The lowest BCUT2D eigenvalue weighted by Crippen LogP contribution is -2.62. The van der Waals surface area contributed by atoms with E-state index in [4.69, 9.17) is 5.84 Å². The SMILES string of the molecule is NNC1CCCC(CC(=O)O)(CC(=O)O)C1(CC(=O)O)CC(=O)O. The van der Waals surface area contributed by atoms with Gasteiger partial charge in [-0.05, 0) is 18.3 Å². The number of carboxylic acid groups (broad SMARTS) is 4. The van der Waals surface area contributed by atoms with Crippen molar-refractivity contribution in [2.45, 2.75) is 51.0 Å². The van der Waals surface area contributed by atoms with Gasteiger partial charge >= 0.3 is 23.9 Å². The molecule has 24 heavy (non-hydrogen) atoms. The molecule has 10 heteroatoms. The Bertz CT molecular complexity index is 501. The van der Waals surface area contributed by atoms with Crippen molar-refractivity contribution in [3.05, 3.63) is 0 Å². The molecular weight excluding hydrogens is 324 g/mol. The van der Waals surface area contributed by atoms with E-state index >= 15 is 0 Å². The number of nitrogens with two attached hydrogens (primary N) is 1. The molecule has 1 aliphatic carbocycles. The molecule has 0 aromatic rings. The third-order valence-corrected chi connectivity index (χ3v) is 4.99. The van der Waals surface area contributed by atoms with Crippen molar-refractivity contribution in [2.75, 3.05) is 0 Å². The number of hydrazine groups is 1. The lowest BCUT2D eigenvalue weighted by atomic mass is 9.48. The van der Waals surface area contributed by atoms with Crippen molar-refractivity contribution in [1.82, 2.24) is 5.43 Å². The third kappa shape index (κ3) is 4.01. The zero-order valence-corrected chi connectivity index (χ0v) is 13.0. The number of carboxylic acids is 4. The number of nitrogens with one attached hydrogen (secondary N) is 1. The van der Waals surface area contributed by atoms with Crippen LogP contribution in [0.3, 0.4) is 0 Å². The van der Waals surface area contributed by atoms with Gasteiger partial charge in [0.25, 0.3) is 0 Å². The normalized spacial score (nSPS) is 21.8. The predicted molar refractivity (Wildman–Crippen MR) is 78.8 cm³/mol.